The highest BCUT2D eigenvalue weighted by Gasteiger charge is 2.21. The summed E-state index contributed by atoms with van der Waals surface area (Å²) in [6.45, 7) is 4.39. The van der Waals surface area contributed by atoms with Gasteiger partial charge in [-0.1, -0.05) is 125 Å². The van der Waals surface area contributed by atoms with E-state index in [4.69, 9.17) is 0 Å². The number of carboxylic acid groups (broad SMARTS) is 2. The van der Waals surface area contributed by atoms with Crippen LogP contribution in [0.25, 0.3) is 0 Å². The minimum Gasteiger partial charge on any atom is -0.480 e. The Balaban J connectivity index is 4.00. The second-order valence-corrected chi connectivity index (χ2v) is 13.3. The molecule has 2 amide bonds. The molecule has 10 heteroatoms. The Bertz CT molecular complexity index is 625. The van der Waals surface area contributed by atoms with Gasteiger partial charge in [0, 0.05) is 24.3 Å². The van der Waals surface area contributed by atoms with E-state index in [2.05, 4.69) is 24.5 Å². The van der Waals surface area contributed by atoms with Crippen LogP contribution in [0.15, 0.2) is 0 Å². The average Bonchev–Trinajstić information content (AvgIpc) is 2.91. The fourth-order valence-corrected chi connectivity index (χ4v) is 6.52. The van der Waals surface area contributed by atoms with Crippen LogP contribution < -0.4 is 10.6 Å². The van der Waals surface area contributed by atoms with Crippen LogP contribution in [0, 0.1) is 0 Å². The van der Waals surface area contributed by atoms with Crippen molar-refractivity contribution in [1.82, 2.24) is 10.6 Å². The van der Waals surface area contributed by atoms with Crippen molar-refractivity contribution in [3.8, 4) is 0 Å². The van der Waals surface area contributed by atoms with Crippen molar-refractivity contribution in [3.05, 3.63) is 0 Å². The van der Waals surface area contributed by atoms with Crippen molar-refractivity contribution in [2.75, 3.05) is 11.5 Å². The molecule has 0 bridgehead atoms. The first-order chi connectivity index (χ1) is 19.3. The molecule has 0 aliphatic rings. The molecule has 2 unspecified atom stereocenters. The molecule has 0 aliphatic heterocycles. The van der Waals surface area contributed by atoms with Crippen LogP contribution in [0.4, 0.5) is 0 Å². The molecule has 8 nitrogen and oxygen atoms in total. The van der Waals surface area contributed by atoms with E-state index in [0.717, 1.165) is 38.5 Å². The lowest BCUT2D eigenvalue weighted by molar-refractivity contribution is -0.142. The standard InChI is InChI=1S/C30H56N2O6S2/c1-3-5-7-9-11-13-15-17-19-27(33)31-25(29(35)36)21-23-39-40-24-22-26(30(37)38)32-28(34)20-18-16-14-12-10-8-6-4-2/h25-26H,3-24H2,1-2H3,(H,31,33)(H,32,34)(H,35,36)(H,37,38). The number of aliphatic carboxylic acids is 2. The molecule has 0 fully saturated rings. The topological polar surface area (TPSA) is 133 Å². The van der Waals surface area contributed by atoms with E-state index in [0.29, 0.717) is 37.2 Å². The Labute approximate surface area is 250 Å². The van der Waals surface area contributed by atoms with Gasteiger partial charge in [0.15, 0.2) is 0 Å². The third-order valence-corrected chi connectivity index (χ3v) is 9.32. The van der Waals surface area contributed by atoms with Gasteiger partial charge in [0.1, 0.15) is 12.1 Å². The molecular formula is C30H56N2O6S2. The van der Waals surface area contributed by atoms with E-state index < -0.39 is 24.0 Å². The van der Waals surface area contributed by atoms with E-state index in [1.165, 1.54) is 85.8 Å². The highest BCUT2D eigenvalue weighted by atomic mass is 33.1. The summed E-state index contributed by atoms with van der Waals surface area (Å²) in [6.07, 6.45) is 19.4. The first kappa shape index (κ1) is 38.6. The summed E-state index contributed by atoms with van der Waals surface area (Å²) in [4.78, 5) is 47.4. The maximum absolute atomic E-state index is 12.2. The second-order valence-electron chi connectivity index (χ2n) is 10.6. The van der Waals surface area contributed by atoms with Crippen LogP contribution in [0.2, 0.25) is 0 Å². The van der Waals surface area contributed by atoms with E-state index in [9.17, 15) is 29.4 Å². The smallest absolute Gasteiger partial charge is 0.326 e. The number of rotatable bonds is 29. The third-order valence-electron chi connectivity index (χ3n) is 6.84. The Kier molecular flexibility index (Phi) is 26.8. The quantitative estimate of drug-likeness (QED) is 0.0515. The van der Waals surface area contributed by atoms with Gasteiger partial charge in [0.05, 0.1) is 0 Å². The average molecular weight is 605 g/mol. The molecule has 2 atom stereocenters. The zero-order valence-electron chi connectivity index (χ0n) is 25.1. The minimum absolute atomic E-state index is 0.219. The molecule has 0 aromatic heterocycles. The van der Waals surface area contributed by atoms with Gasteiger partial charge in [-0.25, -0.2) is 9.59 Å². The van der Waals surface area contributed by atoms with Crippen LogP contribution in [0.3, 0.4) is 0 Å². The fraction of sp³-hybridized carbons (Fsp3) is 0.867. The first-order valence-corrected chi connectivity index (χ1v) is 18.1. The lowest BCUT2D eigenvalue weighted by Gasteiger charge is -2.15. The number of hydrogen-bond donors (Lipinski definition) is 4. The molecule has 0 saturated carbocycles. The van der Waals surface area contributed by atoms with Crippen LogP contribution in [0.5, 0.6) is 0 Å². The molecule has 4 N–H and O–H groups in total. The van der Waals surface area contributed by atoms with Crippen LogP contribution >= 0.6 is 21.6 Å². The van der Waals surface area contributed by atoms with E-state index in [-0.39, 0.29) is 11.8 Å². The predicted octanol–water partition coefficient (Wildman–Crippen LogP) is 7.35. The molecule has 0 spiro atoms. The highest BCUT2D eigenvalue weighted by Crippen LogP contribution is 2.24. The van der Waals surface area contributed by atoms with E-state index in [1.54, 1.807) is 0 Å². The summed E-state index contributed by atoms with van der Waals surface area (Å²) in [5.74, 6) is -1.49. The van der Waals surface area contributed by atoms with Gasteiger partial charge >= 0.3 is 11.9 Å². The first-order valence-electron chi connectivity index (χ1n) is 15.6. The maximum atomic E-state index is 12.2. The summed E-state index contributed by atoms with van der Waals surface area (Å²) in [6, 6.07) is -1.84. The number of carbonyl (C=O) groups is 4. The number of nitrogens with one attached hydrogen (secondary N) is 2. The lowest BCUT2D eigenvalue weighted by atomic mass is 10.1. The fourth-order valence-electron chi connectivity index (χ4n) is 4.34. The number of carbonyl (C=O) groups excluding carboxylic acids is 2. The van der Waals surface area contributed by atoms with Crippen molar-refractivity contribution >= 4 is 45.3 Å². The van der Waals surface area contributed by atoms with Crippen molar-refractivity contribution < 1.29 is 29.4 Å². The molecule has 0 aliphatic carbocycles. The number of hydrogen-bond acceptors (Lipinski definition) is 6. The molecule has 0 heterocycles. The molecule has 40 heavy (non-hydrogen) atoms. The molecule has 0 saturated heterocycles. The van der Waals surface area contributed by atoms with E-state index in [1.807, 2.05) is 0 Å². The van der Waals surface area contributed by atoms with Gasteiger partial charge < -0.3 is 20.8 Å². The molecular weight excluding hydrogens is 548 g/mol. The van der Waals surface area contributed by atoms with Gasteiger partial charge in [-0.05, 0) is 25.7 Å². The predicted molar refractivity (Wildman–Crippen MR) is 168 cm³/mol. The highest BCUT2D eigenvalue weighted by molar-refractivity contribution is 8.76. The monoisotopic (exact) mass is 604 g/mol. The van der Waals surface area contributed by atoms with Crippen LogP contribution in [-0.4, -0.2) is 57.6 Å². The Hall–Kier alpha value is -1.42. The Morgan fingerprint density at radius 2 is 0.825 bits per heavy atom. The second kappa shape index (κ2) is 27.7. The van der Waals surface area contributed by atoms with Crippen molar-refractivity contribution in [3.63, 3.8) is 0 Å². The number of carboxylic acids is 2. The molecule has 234 valence electrons. The molecule has 0 aromatic rings. The van der Waals surface area contributed by atoms with Crippen LogP contribution in [-0.2, 0) is 19.2 Å². The van der Waals surface area contributed by atoms with Crippen molar-refractivity contribution in [2.45, 2.75) is 154 Å². The van der Waals surface area contributed by atoms with Gasteiger partial charge in [-0.3, -0.25) is 9.59 Å². The third kappa shape index (κ3) is 24.4. The number of unbranched alkanes of at least 4 members (excludes halogenated alkanes) is 14. The summed E-state index contributed by atoms with van der Waals surface area (Å²) >= 11 is 0. The van der Waals surface area contributed by atoms with Crippen molar-refractivity contribution in [2.24, 2.45) is 0 Å². The lowest BCUT2D eigenvalue weighted by Crippen LogP contribution is -2.41. The normalized spacial score (nSPS) is 12.6. The van der Waals surface area contributed by atoms with Gasteiger partial charge in [-0.15, -0.1) is 0 Å². The van der Waals surface area contributed by atoms with Gasteiger partial charge in [0.2, 0.25) is 11.8 Å². The Morgan fingerprint density at radius 1 is 0.525 bits per heavy atom. The van der Waals surface area contributed by atoms with Gasteiger partial charge in [-0.2, -0.15) is 0 Å². The Morgan fingerprint density at radius 3 is 1.12 bits per heavy atom. The molecule has 0 rings (SSSR count). The SMILES string of the molecule is CCCCCCCCCCC(=O)NC(CCSSCCC(NC(=O)CCCCCCCCCC)C(=O)O)C(=O)O. The zero-order chi connectivity index (χ0) is 29.8. The summed E-state index contributed by atoms with van der Waals surface area (Å²) in [5.41, 5.74) is 0. The zero-order valence-corrected chi connectivity index (χ0v) is 26.7. The van der Waals surface area contributed by atoms with Crippen molar-refractivity contribution in [1.29, 1.82) is 0 Å². The summed E-state index contributed by atoms with van der Waals surface area (Å²) in [7, 11) is 2.91. The van der Waals surface area contributed by atoms with Crippen LogP contribution in [0.1, 0.15) is 142 Å². The van der Waals surface area contributed by atoms with Gasteiger partial charge in [0.25, 0.3) is 0 Å². The largest absolute Gasteiger partial charge is 0.480 e. The minimum atomic E-state index is -1.04. The molecule has 0 aromatic carbocycles. The number of amides is 2. The summed E-state index contributed by atoms with van der Waals surface area (Å²) in [5, 5.41) is 24.2. The molecule has 0 radical (unpaired) electrons. The summed E-state index contributed by atoms with van der Waals surface area (Å²) < 4.78 is 0. The van der Waals surface area contributed by atoms with E-state index >= 15 is 0 Å². The maximum Gasteiger partial charge on any atom is 0.326 e.